The van der Waals surface area contributed by atoms with Crippen LogP contribution in [0.5, 0.6) is 0 Å². The molecule has 5 nitrogen and oxygen atoms in total. The van der Waals surface area contributed by atoms with E-state index in [1.807, 2.05) is 0 Å². The van der Waals surface area contributed by atoms with Gasteiger partial charge >= 0.3 is 5.97 Å². The summed E-state index contributed by atoms with van der Waals surface area (Å²) >= 11 is 0. The highest BCUT2D eigenvalue weighted by atomic mass is 16.4. The number of carbonyl (C=O) groups is 1. The molecule has 0 saturated heterocycles. The number of nitrogens with zero attached hydrogens (tertiary/aromatic N) is 2. The van der Waals surface area contributed by atoms with Gasteiger partial charge in [0.25, 0.3) is 0 Å². The second-order valence-corrected chi connectivity index (χ2v) is 1.56. The van der Waals surface area contributed by atoms with E-state index in [4.69, 9.17) is 5.11 Å². The molecule has 0 aliphatic heterocycles. The maximum atomic E-state index is 10.2. The van der Waals surface area contributed by atoms with Crippen molar-refractivity contribution in [3.05, 3.63) is 11.4 Å². The van der Waals surface area contributed by atoms with Crippen molar-refractivity contribution in [2.24, 2.45) is 0 Å². The molecule has 1 heterocycles. The van der Waals surface area contributed by atoms with Gasteiger partial charge in [0, 0.05) is 0 Å². The third kappa shape index (κ3) is 0.883. The number of nitrogens with one attached hydrogen (secondary N) is 1. The number of rotatable bonds is 1. The first-order valence-electron chi connectivity index (χ1n) is 2.32. The number of aryl methyl sites for hydroxylation is 1. The number of H-pyrrole nitrogens is 1. The first-order valence-corrected chi connectivity index (χ1v) is 2.32. The summed E-state index contributed by atoms with van der Waals surface area (Å²) in [5.74, 6) is -1.05. The first kappa shape index (κ1) is 5.74. The molecule has 2 N–H and O–H groups in total. The monoisotopic (exact) mass is 127 g/mol. The summed E-state index contributed by atoms with van der Waals surface area (Å²) in [7, 11) is 0. The fourth-order valence-electron chi connectivity index (χ4n) is 0.486. The molecule has 0 aliphatic carbocycles. The van der Waals surface area contributed by atoms with Crippen LogP contribution < -0.4 is 0 Å². The zero-order chi connectivity index (χ0) is 6.85. The number of carboxylic acid groups (broad SMARTS) is 1. The molecule has 0 saturated carbocycles. The second kappa shape index (κ2) is 1.85. The first-order chi connectivity index (χ1) is 4.22. The SMILES string of the molecule is Cc1n[nH]nc1C(=O)O. The molecule has 1 aromatic rings. The molecule has 0 spiro atoms. The molecule has 9 heavy (non-hydrogen) atoms. The zero-order valence-corrected chi connectivity index (χ0v) is 4.75. The van der Waals surface area contributed by atoms with E-state index in [-0.39, 0.29) is 5.69 Å². The Bertz CT molecular complexity index is 229. The van der Waals surface area contributed by atoms with Crippen molar-refractivity contribution in [3.63, 3.8) is 0 Å². The van der Waals surface area contributed by atoms with Gasteiger partial charge in [0.1, 0.15) is 0 Å². The van der Waals surface area contributed by atoms with Gasteiger partial charge in [-0.05, 0) is 6.92 Å². The normalized spacial score (nSPS) is 9.44. The van der Waals surface area contributed by atoms with Crippen LogP contribution in [0.1, 0.15) is 16.2 Å². The summed E-state index contributed by atoms with van der Waals surface area (Å²) < 4.78 is 0. The van der Waals surface area contributed by atoms with E-state index in [9.17, 15) is 4.79 Å². The Morgan fingerprint density at radius 3 is 2.56 bits per heavy atom. The van der Waals surface area contributed by atoms with Crippen LogP contribution in [0, 0.1) is 6.92 Å². The highest BCUT2D eigenvalue weighted by molar-refractivity contribution is 5.86. The average Bonchev–Trinajstić information content (AvgIpc) is 2.13. The molecule has 48 valence electrons. The van der Waals surface area contributed by atoms with Gasteiger partial charge in [-0.3, -0.25) is 0 Å². The van der Waals surface area contributed by atoms with E-state index in [1.165, 1.54) is 0 Å². The Hall–Kier alpha value is -1.39. The van der Waals surface area contributed by atoms with Gasteiger partial charge in [-0.15, -0.1) is 5.10 Å². The smallest absolute Gasteiger partial charge is 0.358 e. The molecule has 1 rings (SSSR count). The van der Waals surface area contributed by atoms with Gasteiger partial charge in [0.15, 0.2) is 5.69 Å². The summed E-state index contributed by atoms with van der Waals surface area (Å²) in [5.41, 5.74) is 0.387. The lowest BCUT2D eigenvalue weighted by Gasteiger charge is -1.81. The fourth-order valence-corrected chi connectivity index (χ4v) is 0.486. The summed E-state index contributed by atoms with van der Waals surface area (Å²) in [5, 5.41) is 17.4. The van der Waals surface area contributed by atoms with Gasteiger partial charge in [0.2, 0.25) is 0 Å². The number of aromatic amines is 1. The lowest BCUT2D eigenvalue weighted by atomic mass is 10.4. The minimum atomic E-state index is -1.05. The summed E-state index contributed by atoms with van der Waals surface area (Å²) in [6, 6.07) is 0. The zero-order valence-electron chi connectivity index (χ0n) is 4.75. The summed E-state index contributed by atoms with van der Waals surface area (Å²) in [6.07, 6.45) is 0. The van der Waals surface area contributed by atoms with E-state index < -0.39 is 5.97 Å². The Kier molecular flexibility index (Phi) is 1.18. The van der Waals surface area contributed by atoms with E-state index >= 15 is 0 Å². The van der Waals surface area contributed by atoms with Gasteiger partial charge in [-0.25, -0.2) is 4.79 Å². The molecular formula is C4H5N3O2. The third-order valence-corrected chi connectivity index (χ3v) is 0.925. The Balaban J connectivity index is 3.08. The quantitative estimate of drug-likeness (QED) is 0.548. The van der Waals surface area contributed by atoms with Crippen molar-refractivity contribution in [3.8, 4) is 0 Å². The van der Waals surface area contributed by atoms with Crippen LogP contribution in [0.2, 0.25) is 0 Å². The molecule has 0 amide bonds. The van der Waals surface area contributed by atoms with Crippen LogP contribution in [-0.2, 0) is 0 Å². The van der Waals surface area contributed by atoms with Gasteiger partial charge in [-0.2, -0.15) is 10.3 Å². The van der Waals surface area contributed by atoms with Gasteiger partial charge in [-0.1, -0.05) is 0 Å². The molecule has 0 aromatic carbocycles. The Morgan fingerprint density at radius 2 is 2.33 bits per heavy atom. The molecule has 0 fully saturated rings. The predicted molar refractivity (Wildman–Crippen MR) is 28.1 cm³/mol. The highest BCUT2D eigenvalue weighted by Crippen LogP contribution is 1.95. The Morgan fingerprint density at radius 1 is 1.67 bits per heavy atom. The van der Waals surface area contributed by atoms with Crippen LogP contribution >= 0.6 is 0 Å². The van der Waals surface area contributed by atoms with E-state index in [0.29, 0.717) is 5.69 Å². The number of hydrogen-bond acceptors (Lipinski definition) is 3. The minimum absolute atomic E-state index is 0.0185. The standard InChI is InChI=1S/C4H5N3O2/c1-2-3(4(8)9)6-7-5-2/h1H3,(H,8,9)(H,5,6,7). The molecule has 0 atom stereocenters. The van der Waals surface area contributed by atoms with E-state index in [2.05, 4.69) is 15.4 Å². The van der Waals surface area contributed by atoms with E-state index in [0.717, 1.165) is 0 Å². The predicted octanol–water partition coefficient (Wildman–Crippen LogP) is -0.189. The van der Waals surface area contributed by atoms with Crippen LogP contribution in [-0.4, -0.2) is 26.5 Å². The minimum Gasteiger partial charge on any atom is -0.476 e. The second-order valence-electron chi connectivity index (χ2n) is 1.56. The van der Waals surface area contributed by atoms with Gasteiger partial charge in [0.05, 0.1) is 5.69 Å². The average molecular weight is 127 g/mol. The Labute approximate surface area is 50.7 Å². The maximum absolute atomic E-state index is 10.2. The van der Waals surface area contributed by atoms with Crippen LogP contribution in [0.25, 0.3) is 0 Å². The van der Waals surface area contributed by atoms with Gasteiger partial charge < -0.3 is 5.11 Å². The molecule has 0 radical (unpaired) electrons. The number of carboxylic acids is 1. The van der Waals surface area contributed by atoms with Crippen molar-refractivity contribution < 1.29 is 9.90 Å². The third-order valence-electron chi connectivity index (χ3n) is 0.925. The maximum Gasteiger partial charge on any atom is 0.358 e. The molecule has 0 unspecified atom stereocenters. The number of aromatic carboxylic acids is 1. The lowest BCUT2D eigenvalue weighted by Crippen LogP contribution is -1.98. The number of hydrogen-bond donors (Lipinski definition) is 2. The van der Waals surface area contributed by atoms with Crippen LogP contribution in [0.3, 0.4) is 0 Å². The molecular weight excluding hydrogens is 122 g/mol. The summed E-state index contributed by atoms with van der Waals surface area (Å²) in [4.78, 5) is 10.2. The molecule has 0 bridgehead atoms. The fraction of sp³-hybridized carbons (Fsp3) is 0.250. The lowest BCUT2D eigenvalue weighted by molar-refractivity contribution is 0.0689. The topological polar surface area (TPSA) is 78.9 Å². The molecule has 1 aromatic heterocycles. The largest absolute Gasteiger partial charge is 0.476 e. The van der Waals surface area contributed by atoms with Crippen LogP contribution in [0.4, 0.5) is 0 Å². The summed E-state index contributed by atoms with van der Waals surface area (Å²) in [6.45, 7) is 1.58. The van der Waals surface area contributed by atoms with Crippen molar-refractivity contribution in [1.29, 1.82) is 0 Å². The van der Waals surface area contributed by atoms with Crippen molar-refractivity contribution in [1.82, 2.24) is 15.4 Å². The van der Waals surface area contributed by atoms with E-state index in [1.54, 1.807) is 6.92 Å². The van der Waals surface area contributed by atoms with Crippen molar-refractivity contribution >= 4 is 5.97 Å². The van der Waals surface area contributed by atoms with Crippen molar-refractivity contribution in [2.75, 3.05) is 0 Å². The number of aromatic nitrogens is 3. The van der Waals surface area contributed by atoms with Crippen molar-refractivity contribution in [2.45, 2.75) is 6.92 Å². The highest BCUT2D eigenvalue weighted by Gasteiger charge is 2.09. The van der Waals surface area contributed by atoms with Crippen LogP contribution in [0.15, 0.2) is 0 Å². The molecule has 5 heteroatoms. The molecule has 0 aliphatic rings.